The van der Waals surface area contributed by atoms with Crippen LogP contribution >= 0.6 is 0 Å². The topological polar surface area (TPSA) is 82.0 Å². The molecule has 3 atom stereocenters. The van der Waals surface area contributed by atoms with Gasteiger partial charge in [0.1, 0.15) is 0 Å². The van der Waals surface area contributed by atoms with Gasteiger partial charge in [0.2, 0.25) is 0 Å². The highest BCUT2D eigenvalue weighted by Crippen LogP contribution is 2.55. The molecular weight excluding hydrogens is 522 g/mol. The van der Waals surface area contributed by atoms with Crippen molar-refractivity contribution in [2.45, 2.75) is 59.5 Å². The molecule has 2 N–H and O–H groups in total. The molecule has 0 aliphatic heterocycles. The Labute approximate surface area is 249 Å². The Morgan fingerprint density at radius 2 is 1.88 bits per heavy atom. The number of hydrogen-bond donors (Lipinski definition) is 2. The molecule has 1 unspecified atom stereocenters. The molecule has 3 aliphatic carbocycles. The highest BCUT2D eigenvalue weighted by atomic mass is 16.3. The average molecular weight is 566 g/mol. The first-order valence-corrected chi connectivity index (χ1v) is 15.2. The van der Waals surface area contributed by atoms with E-state index in [0.29, 0.717) is 18.4 Å². The van der Waals surface area contributed by atoms with Crippen LogP contribution in [0.25, 0.3) is 22.4 Å². The van der Waals surface area contributed by atoms with Crippen LogP contribution in [0.15, 0.2) is 77.1 Å². The second-order valence-electron chi connectivity index (χ2n) is 12.1. The Bertz CT molecular complexity index is 1540. The fraction of sp³-hybridized carbons (Fsp3) is 0.417. The smallest absolute Gasteiger partial charge is 0.196 e. The van der Waals surface area contributed by atoms with Gasteiger partial charge in [-0.3, -0.25) is 4.79 Å². The van der Waals surface area contributed by atoms with Crippen LogP contribution in [-0.2, 0) is 11.2 Å². The number of benzene rings is 2. The lowest BCUT2D eigenvalue weighted by atomic mass is 9.57. The number of nitrogens with one attached hydrogen (secondary N) is 1. The predicted octanol–water partition coefficient (Wildman–Crippen LogP) is 6.83. The van der Waals surface area contributed by atoms with Crippen molar-refractivity contribution in [1.29, 1.82) is 0 Å². The first-order valence-electron chi connectivity index (χ1n) is 15.2. The Kier molecular flexibility index (Phi) is 8.23. The second kappa shape index (κ2) is 11.6. The van der Waals surface area contributed by atoms with E-state index in [1.807, 2.05) is 6.92 Å². The second-order valence-corrected chi connectivity index (χ2v) is 12.1. The molecule has 6 nitrogen and oxygen atoms in total. The van der Waals surface area contributed by atoms with Crippen molar-refractivity contribution >= 4 is 17.1 Å². The number of aryl methyl sites for hydroxylation is 1. The number of ketones is 1. The molecule has 42 heavy (non-hydrogen) atoms. The molecule has 2 aromatic carbocycles. The minimum absolute atomic E-state index is 0.0924. The molecule has 220 valence electrons. The molecule has 5 rings (SSSR count). The van der Waals surface area contributed by atoms with Gasteiger partial charge in [-0.1, -0.05) is 57.3 Å². The third-order valence-corrected chi connectivity index (χ3v) is 9.99. The van der Waals surface area contributed by atoms with E-state index in [9.17, 15) is 14.8 Å². The highest BCUT2D eigenvalue weighted by Gasteiger charge is 2.55. The molecule has 0 saturated carbocycles. The maximum absolute atomic E-state index is 13.4. The number of carbonyl (C=O) groups is 1. The number of hydrogen-bond acceptors (Lipinski definition) is 6. The number of carbonyl (C=O) groups excluding carboxylic acids is 1. The van der Waals surface area contributed by atoms with Crippen molar-refractivity contribution in [2.24, 2.45) is 17.0 Å². The molecule has 0 radical (unpaired) electrons. The third-order valence-electron chi connectivity index (χ3n) is 9.99. The van der Waals surface area contributed by atoms with Crippen LogP contribution in [0, 0.1) is 23.7 Å². The largest absolute Gasteiger partial charge is 0.384 e. The minimum atomic E-state index is -1.62. The zero-order valence-corrected chi connectivity index (χ0v) is 25.6. The highest BCUT2D eigenvalue weighted by molar-refractivity contribution is 6.06. The quantitative estimate of drug-likeness (QED) is 0.326. The van der Waals surface area contributed by atoms with E-state index in [1.54, 1.807) is 6.92 Å². The van der Waals surface area contributed by atoms with Crippen LogP contribution in [0.5, 0.6) is 0 Å². The van der Waals surface area contributed by atoms with Crippen LogP contribution in [-0.4, -0.2) is 47.6 Å². The van der Waals surface area contributed by atoms with Gasteiger partial charge in [0.25, 0.3) is 0 Å². The number of nitroso groups, excluding NO2 is 1. The van der Waals surface area contributed by atoms with E-state index in [2.05, 4.69) is 85.7 Å². The van der Waals surface area contributed by atoms with Gasteiger partial charge < -0.3 is 15.3 Å². The number of aliphatic hydroxyl groups is 1. The van der Waals surface area contributed by atoms with Gasteiger partial charge in [0.15, 0.2) is 11.4 Å². The van der Waals surface area contributed by atoms with Gasteiger partial charge in [-0.25, -0.2) is 0 Å². The van der Waals surface area contributed by atoms with Crippen molar-refractivity contribution in [2.75, 3.05) is 26.2 Å². The summed E-state index contributed by atoms with van der Waals surface area (Å²) in [6.07, 6.45) is 1.68. The van der Waals surface area contributed by atoms with E-state index in [4.69, 9.17) is 0 Å². The zero-order valence-electron chi connectivity index (χ0n) is 25.6. The molecular formula is C36H43N3O3. The van der Waals surface area contributed by atoms with E-state index < -0.39 is 11.4 Å². The summed E-state index contributed by atoms with van der Waals surface area (Å²) in [6, 6.07) is 12.9. The Balaban J connectivity index is 1.51. The molecule has 0 aromatic heterocycles. The molecule has 0 spiro atoms. The SMILES string of the molecule is C=C(NCCN(CC)CC)c1cccc(-c2ccc(C)c3c2CC2C[C@H]4CC(N=O)=C(C)C(=O)[C@@]4(O)C(C)=C2C3=C)c1. The van der Waals surface area contributed by atoms with Crippen LogP contribution in [0.2, 0.25) is 0 Å². The van der Waals surface area contributed by atoms with E-state index in [-0.39, 0.29) is 23.1 Å². The molecule has 0 bridgehead atoms. The van der Waals surface area contributed by atoms with Crippen molar-refractivity contribution in [3.05, 3.63) is 99.1 Å². The van der Waals surface area contributed by atoms with Crippen molar-refractivity contribution in [3.8, 4) is 11.1 Å². The van der Waals surface area contributed by atoms with Gasteiger partial charge in [-0.2, -0.15) is 0 Å². The van der Waals surface area contributed by atoms with Gasteiger partial charge in [0.05, 0.1) is 5.70 Å². The summed E-state index contributed by atoms with van der Waals surface area (Å²) >= 11 is 0. The first-order chi connectivity index (χ1) is 20.1. The molecule has 0 heterocycles. The van der Waals surface area contributed by atoms with Gasteiger partial charge in [-0.15, -0.1) is 4.91 Å². The fourth-order valence-corrected chi connectivity index (χ4v) is 7.53. The minimum Gasteiger partial charge on any atom is -0.384 e. The zero-order chi connectivity index (χ0) is 30.3. The van der Waals surface area contributed by atoms with Crippen molar-refractivity contribution in [3.63, 3.8) is 0 Å². The monoisotopic (exact) mass is 565 g/mol. The lowest BCUT2D eigenvalue weighted by Gasteiger charge is -2.48. The van der Waals surface area contributed by atoms with E-state index in [0.717, 1.165) is 77.3 Å². The molecule has 3 aliphatic rings. The summed E-state index contributed by atoms with van der Waals surface area (Å²) in [7, 11) is 0. The van der Waals surface area contributed by atoms with Gasteiger partial charge in [-0.05, 0) is 120 Å². The average Bonchev–Trinajstić information content (AvgIpc) is 2.99. The maximum atomic E-state index is 13.4. The summed E-state index contributed by atoms with van der Waals surface area (Å²) in [6.45, 7) is 22.7. The molecule has 0 amide bonds. The lowest BCUT2D eigenvalue weighted by Crippen LogP contribution is -2.54. The number of allylic oxidation sites excluding steroid dienone is 3. The summed E-state index contributed by atoms with van der Waals surface area (Å²) in [5, 5.41) is 18.5. The number of Topliss-reactive ketones (excluding diaryl/α,β-unsaturated/α-hetero) is 1. The normalized spacial score (nSPS) is 23.5. The Hall–Kier alpha value is -3.61. The fourth-order valence-electron chi connectivity index (χ4n) is 7.53. The Morgan fingerprint density at radius 1 is 1.14 bits per heavy atom. The van der Waals surface area contributed by atoms with Gasteiger partial charge in [0, 0.05) is 30.3 Å². The third kappa shape index (κ3) is 4.81. The predicted molar refractivity (Wildman–Crippen MR) is 172 cm³/mol. The molecule has 6 heteroatoms. The summed E-state index contributed by atoms with van der Waals surface area (Å²) in [5.41, 5.74) is 9.20. The van der Waals surface area contributed by atoms with E-state index >= 15 is 0 Å². The Morgan fingerprint density at radius 3 is 2.57 bits per heavy atom. The molecule has 0 fully saturated rings. The standard InChI is InChI=1S/C36H43N3O3/c1-8-39(9-2)16-15-37-25(7)26-11-10-12-27(17-26)30-14-13-21(3)33-23(5)34-24(6)36(41)29(18-28(34)19-31(30)33)20-32(38-42)22(4)35(36)40/h10-14,17,28-29,37,41H,5,7-9,15-16,18-20H2,1-4,6H3/t28?,29-,36+/m0/s1. The molecule has 0 saturated heterocycles. The van der Waals surface area contributed by atoms with Crippen molar-refractivity contribution in [1.82, 2.24) is 10.2 Å². The maximum Gasteiger partial charge on any atom is 0.196 e. The van der Waals surface area contributed by atoms with Crippen LogP contribution in [0.1, 0.15) is 62.8 Å². The van der Waals surface area contributed by atoms with Crippen LogP contribution in [0.4, 0.5) is 0 Å². The van der Waals surface area contributed by atoms with Crippen LogP contribution < -0.4 is 5.32 Å². The number of rotatable bonds is 9. The van der Waals surface area contributed by atoms with E-state index in [1.165, 1.54) is 5.56 Å². The number of nitrogens with zero attached hydrogens (tertiary/aromatic N) is 2. The summed E-state index contributed by atoms with van der Waals surface area (Å²) in [4.78, 5) is 27.3. The summed E-state index contributed by atoms with van der Waals surface area (Å²) in [5.74, 6) is -0.690. The first kappa shape index (κ1) is 29.9. The summed E-state index contributed by atoms with van der Waals surface area (Å²) < 4.78 is 0. The number of fused-ring (bicyclic) bond motifs is 3. The lowest BCUT2D eigenvalue weighted by molar-refractivity contribution is -0.137. The number of likely N-dealkylation sites (N-methyl/N-ethyl adjacent to an activating group) is 1. The molecule has 2 aromatic rings. The van der Waals surface area contributed by atoms with Crippen molar-refractivity contribution < 1.29 is 9.90 Å². The van der Waals surface area contributed by atoms with Gasteiger partial charge >= 0.3 is 0 Å². The van der Waals surface area contributed by atoms with Crippen LogP contribution in [0.3, 0.4) is 0 Å².